The van der Waals surface area contributed by atoms with Gasteiger partial charge in [0.1, 0.15) is 0 Å². The summed E-state index contributed by atoms with van der Waals surface area (Å²) in [5, 5.41) is 2.17. The van der Waals surface area contributed by atoms with E-state index in [9.17, 15) is 0 Å². The summed E-state index contributed by atoms with van der Waals surface area (Å²) in [7, 11) is 0. The minimum absolute atomic E-state index is 0.978. The first-order valence-corrected chi connectivity index (χ1v) is 10.2. The van der Waals surface area contributed by atoms with Crippen molar-refractivity contribution >= 4 is 24.1 Å². The van der Waals surface area contributed by atoms with E-state index in [1.807, 2.05) is 20.8 Å². The molecule has 0 saturated carbocycles. The molecule has 0 aliphatic rings. The Hall–Kier alpha value is -1.28. The van der Waals surface area contributed by atoms with Gasteiger partial charge in [-0.05, 0) is 43.0 Å². The van der Waals surface area contributed by atoms with Crippen molar-refractivity contribution in [2.45, 2.75) is 72.0 Å². The van der Waals surface area contributed by atoms with Crippen LogP contribution in [0.2, 0.25) is 0 Å². The summed E-state index contributed by atoms with van der Waals surface area (Å²) >= 11 is 1.80. The van der Waals surface area contributed by atoms with Gasteiger partial charge in [0.05, 0.1) is 0 Å². The molecule has 1 nitrogen and oxygen atoms in total. The van der Waals surface area contributed by atoms with Gasteiger partial charge in [-0.25, -0.2) is 0 Å². The second-order valence-corrected chi connectivity index (χ2v) is 6.58. The Kier molecular flexibility index (Phi) is 14.4. The molecule has 0 saturated heterocycles. The molecule has 0 N–H and O–H groups in total. The van der Waals surface area contributed by atoms with Gasteiger partial charge in [-0.1, -0.05) is 82.9 Å². The lowest BCUT2D eigenvalue weighted by Crippen LogP contribution is -1.84. The molecular weight excluding hydrogens is 310 g/mol. The van der Waals surface area contributed by atoms with Gasteiger partial charge >= 0.3 is 0 Å². The minimum Gasteiger partial charge on any atom is -0.269 e. The van der Waals surface area contributed by atoms with Crippen molar-refractivity contribution in [3.8, 4) is 0 Å². The number of thioether (sulfide) groups is 1. The third-order valence-electron chi connectivity index (χ3n) is 3.66. The lowest BCUT2D eigenvalue weighted by molar-refractivity contribution is 0.630. The highest BCUT2D eigenvalue weighted by atomic mass is 32.2. The average molecular weight is 346 g/mol. The van der Waals surface area contributed by atoms with E-state index < -0.39 is 0 Å². The fourth-order valence-corrected chi connectivity index (χ4v) is 3.06. The third-order valence-corrected chi connectivity index (χ3v) is 4.59. The molecule has 2 heteroatoms. The van der Waals surface area contributed by atoms with E-state index in [0.717, 1.165) is 23.4 Å². The molecule has 0 aliphatic heterocycles. The highest BCUT2D eigenvalue weighted by Gasteiger charge is 1.98. The molecule has 0 aromatic heterocycles. The maximum absolute atomic E-state index is 4.15. The van der Waals surface area contributed by atoms with Gasteiger partial charge < -0.3 is 0 Å². The summed E-state index contributed by atoms with van der Waals surface area (Å²) in [6.45, 7) is 15.9. The van der Waals surface area contributed by atoms with Gasteiger partial charge in [0.15, 0.2) is 0 Å². The molecule has 1 aromatic rings. The highest BCUT2D eigenvalue weighted by Crippen LogP contribution is 2.20. The molecular formula is C22H35NS. The summed E-state index contributed by atoms with van der Waals surface area (Å²) < 4.78 is 0. The molecule has 24 heavy (non-hydrogen) atoms. The summed E-state index contributed by atoms with van der Waals surface area (Å²) in [6, 6.07) is 8.64. The van der Waals surface area contributed by atoms with Crippen LogP contribution >= 0.6 is 11.8 Å². The van der Waals surface area contributed by atoms with Crippen LogP contribution in [0.3, 0.4) is 0 Å². The number of benzene rings is 1. The highest BCUT2D eigenvalue weighted by molar-refractivity contribution is 8.01. The molecule has 0 spiro atoms. The SMILES string of the molecule is C=N/C(=C\SCc1ccc(C(=C)C)cc1)CCCCCCC.CC. The maximum atomic E-state index is 4.15. The first-order valence-electron chi connectivity index (χ1n) is 9.19. The van der Waals surface area contributed by atoms with Crippen LogP contribution in [0.5, 0.6) is 0 Å². The lowest BCUT2D eigenvalue weighted by atomic mass is 10.1. The number of aliphatic imine (C=N–C) groups is 1. The van der Waals surface area contributed by atoms with Gasteiger partial charge in [0, 0.05) is 11.4 Å². The monoisotopic (exact) mass is 345 g/mol. The second kappa shape index (κ2) is 15.3. The van der Waals surface area contributed by atoms with E-state index >= 15 is 0 Å². The van der Waals surface area contributed by atoms with Crippen LogP contribution in [0.1, 0.15) is 77.3 Å². The number of hydrogen-bond acceptors (Lipinski definition) is 2. The summed E-state index contributed by atoms with van der Waals surface area (Å²) in [5.74, 6) is 0.978. The van der Waals surface area contributed by atoms with E-state index in [-0.39, 0.29) is 0 Å². The van der Waals surface area contributed by atoms with Crippen molar-refractivity contribution in [3.63, 3.8) is 0 Å². The van der Waals surface area contributed by atoms with Crippen molar-refractivity contribution in [2.75, 3.05) is 0 Å². The van der Waals surface area contributed by atoms with Crippen LogP contribution in [0, 0.1) is 0 Å². The molecule has 134 valence electrons. The van der Waals surface area contributed by atoms with Crippen LogP contribution in [-0.2, 0) is 5.75 Å². The maximum Gasteiger partial charge on any atom is 0.0459 e. The standard InChI is InChI=1S/C20H29NS.C2H6/c1-5-6-7-8-9-10-20(21-4)16-22-15-18-11-13-19(14-12-18)17(2)3;1-2/h11-14,16H,2,4-10,15H2,1,3H3;1-2H3/b20-16-;. The zero-order valence-electron chi connectivity index (χ0n) is 16.1. The zero-order valence-corrected chi connectivity index (χ0v) is 16.9. The third kappa shape index (κ3) is 10.5. The first-order chi connectivity index (χ1) is 11.7. The average Bonchev–Trinajstić information content (AvgIpc) is 2.62. The Bertz CT molecular complexity index is 485. The molecule has 0 aliphatic carbocycles. The van der Waals surface area contributed by atoms with E-state index in [4.69, 9.17) is 0 Å². The van der Waals surface area contributed by atoms with Gasteiger partial charge in [0.25, 0.3) is 0 Å². The minimum atomic E-state index is 0.978. The van der Waals surface area contributed by atoms with Crippen LogP contribution in [0.15, 0.2) is 46.9 Å². The molecule has 0 amide bonds. The van der Waals surface area contributed by atoms with Gasteiger partial charge in [-0.2, -0.15) is 0 Å². The van der Waals surface area contributed by atoms with Crippen molar-refractivity contribution in [3.05, 3.63) is 53.1 Å². The smallest absolute Gasteiger partial charge is 0.0459 e. The molecule has 0 radical (unpaired) electrons. The largest absolute Gasteiger partial charge is 0.269 e. The number of unbranched alkanes of at least 4 members (excludes halogenated alkanes) is 4. The van der Waals surface area contributed by atoms with Crippen molar-refractivity contribution in [1.29, 1.82) is 0 Å². The van der Waals surface area contributed by atoms with Crippen molar-refractivity contribution in [2.24, 2.45) is 4.99 Å². The van der Waals surface area contributed by atoms with Gasteiger partial charge in [-0.3, -0.25) is 4.99 Å². The number of nitrogens with zero attached hydrogens (tertiary/aromatic N) is 1. The van der Waals surface area contributed by atoms with E-state index in [2.05, 4.69) is 54.9 Å². The Morgan fingerprint density at radius 3 is 2.25 bits per heavy atom. The molecule has 1 aromatic carbocycles. The van der Waals surface area contributed by atoms with Crippen LogP contribution in [0.25, 0.3) is 5.57 Å². The van der Waals surface area contributed by atoms with Crippen LogP contribution < -0.4 is 0 Å². The summed E-state index contributed by atoms with van der Waals surface area (Å²) in [4.78, 5) is 4.15. The number of hydrogen-bond donors (Lipinski definition) is 0. The molecule has 0 unspecified atom stereocenters. The predicted octanol–water partition coefficient (Wildman–Crippen LogP) is 7.88. The number of allylic oxidation sites excluding steroid dienone is 2. The topological polar surface area (TPSA) is 12.4 Å². The Morgan fingerprint density at radius 1 is 1.08 bits per heavy atom. The van der Waals surface area contributed by atoms with E-state index in [1.54, 1.807) is 11.8 Å². The van der Waals surface area contributed by atoms with Gasteiger partial charge in [0.2, 0.25) is 0 Å². The fraction of sp³-hybridized carbons (Fsp3) is 0.500. The number of rotatable bonds is 11. The molecule has 1 rings (SSSR count). The predicted molar refractivity (Wildman–Crippen MR) is 115 cm³/mol. The Morgan fingerprint density at radius 2 is 1.71 bits per heavy atom. The Labute approximate surface area is 154 Å². The van der Waals surface area contributed by atoms with Crippen LogP contribution in [-0.4, -0.2) is 6.72 Å². The van der Waals surface area contributed by atoms with E-state index in [0.29, 0.717) is 0 Å². The van der Waals surface area contributed by atoms with Crippen LogP contribution in [0.4, 0.5) is 0 Å². The molecule has 0 heterocycles. The summed E-state index contributed by atoms with van der Waals surface area (Å²) in [5.41, 5.74) is 4.78. The second-order valence-electron chi connectivity index (χ2n) is 5.72. The quantitative estimate of drug-likeness (QED) is 0.293. The Balaban J connectivity index is 0.00000254. The van der Waals surface area contributed by atoms with Crippen molar-refractivity contribution in [1.82, 2.24) is 0 Å². The fourth-order valence-electron chi connectivity index (χ4n) is 2.20. The van der Waals surface area contributed by atoms with E-state index in [1.165, 1.54) is 43.2 Å². The zero-order chi connectivity index (χ0) is 18.2. The lowest BCUT2D eigenvalue weighted by Gasteiger charge is -2.04. The van der Waals surface area contributed by atoms with Crippen molar-refractivity contribution < 1.29 is 0 Å². The van der Waals surface area contributed by atoms with Gasteiger partial charge in [-0.15, -0.1) is 11.8 Å². The molecule has 0 fully saturated rings. The summed E-state index contributed by atoms with van der Waals surface area (Å²) in [6.07, 6.45) is 7.54. The molecule has 0 atom stereocenters. The normalized spacial score (nSPS) is 10.8. The first kappa shape index (κ1) is 22.7. The molecule has 0 bridgehead atoms.